The second-order valence-corrected chi connectivity index (χ2v) is 5.47. The monoisotopic (exact) mass is 284 g/mol. The Balaban J connectivity index is 2.09. The molecule has 0 bridgehead atoms. The van der Waals surface area contributed by atoms with Gasteiger partial charge >= 0.3 is 0 Å². The second kappa shape index (κ2) is 5.63. The number of hydrazine groups is 1. The van der Waals surface area contributed by atoms with Gasteiger partial charge in [-0.1, -0.05) is 30.3 Å². The van der Waals surface area contributed by atoms with Gasteiger partial charge in [-0.3, -0.25) is 5.84 Å². The Labute approximate surface area is 122 Å². The van der Waals surface area contributed by atoms with Gasteiger partial charge in [0, 0.05) is 4.70 Å². The average Bonchev–Trinajstić information content (AvgIpc) is 2.93. The summed E-state index contributed by atoms with van der Waals surface area (Å²) in [6, 6.07) is 16.3. The molecule has 0 radical (unpaired) electrons. The molecule has 102 valence electrons. The fourth-order valence-corrected chi connectivity index (χ4v) is 3.40. The van der Waals surface area contributed by atoms with Gasteiger partial charge in [-0.15, -0.1) is 11.3 Å². The zero-order chi connectivity index (χ0) is 13.9. The Kier molecular flexibility index (Phi) is 3.69. The third-order valence-electron chi connectivity index (χ3n) is 3.42. The molecule has 1 heterocycles. The van der Waals surface area contributed by atoms with Crippen molar-refractivity contribution in [2.75, 3.05) is 7.11 Å². The Hall–Kier alpha value is -1.88. The number of benzene rings is 2. The Bertz CT molecular complexity index is 723. The van der Waals surface area contributed by atoms with Crippen molar-refractivity contribution in [3.05, 3.63) is 65.0 Å². The molecule has 3 nitrogen and oxygen atoms in total. The van der Waals surface area contributed by atoms with Crippen LogP contribution in [0.4, 0.5) is 0 Å². The van der Waals surface area contributed by atoms with Gasteiger partial charge < -0.3 is 4.74 Å². The maximum absolute atomic E-state index is 5.79. The Morgan fingerprint density at radius 2 is 2.00 bits per heavy atom. The normalized spacial score (nSPS) is 12.5. The lowest BCUT2D eigenvalue weighted by Crippen LogP contribution is -2.28. The summed E-state index contributed by atoms with van der Waals surface area (Å²) >= 11 is 1.74. The first-order valence-electron chi connectivity index (χ1n) is 6.39. The van der Waals surface area contributed by atoms with Crippen LogP contribution in [0.25, 0.3) is 10.1 Å². The predicted octanol–water partition coefficient (Wildman–Crippen LogP) is 3.46. The number of methoxy groups -OCH3 is 1. The molecule has 0 amide bonds. The SMILES string of the molecule is COc1cccc(C(NN)c2csc3ccccc23)c1. The smallest absolute Gasteiger partial charge is 0.119 e. The van der Waals surface area contributed by atoms with Crippen molar-refractivity contribution in [1.82, 2.24) is 5.43 Å². The number of fused-ring (bicyclic) bond motifs is 1. The largest absolute Gasteiger partial charge is 0.497 e. The first-order valence-corrected chi connectivity index (χ1v) is 7.27. The van der Waals surface area contributed by atoms with Crippen molar-refractivity contribution >= 4 is 21.4 Å². The van der Waals surface area contributed by atoms with E-state index in [0.717, 1.165) is 11.3 Å². The number of rotatable bonds is 4. The third-order valence-corrected chi connectivity index (χ3v) is 4.40. The van der Waals surface area contributed by atoms with Crippen LogP contribution in [-0.2, 0) is 0 Å². The van der Waals surface area contributed by atoms with Crippen molar-refractivity contribution in [2.45, 2.75) is 6.04 Å². The van der Waals surface area contributed by atoms with Crippen molar-refractivity contribution in [1.29, 1.82) is 0 Å². The van der Waals surface area contributed by atoms with Gasteiger partial charge in [-0.25, -0.2) is 5.43 Å². The first-order chi connectivity index (χ1) is 9.83. The number of hydrogen-bond donors (Lipinski definition) is 2. The minimum absolute atomic E-state index is 0.0405. The van der Waals surface area contributed by atoms with Crippen molar-refractivity contribution < 1.29 is 4.74 Å². The highest BCUT2D eigenvalue weighted by Gasteiger charge is 2.17. The van der Waals surface area contributed by atoms with Crippen molar-refractivity contribution in [3.63, 3.8) is 0 Å². The summed E-state index contributed by atoms with van der Waals surface area (Å²) in [4.78, 5) is 0. The summed E-state index contributed by atoms with van der Waals surface area (Å²) in [6.07, 6.45) is 0. The molecular formula is C16H16N2OS. The van der Waals surface area contributed by atoms with E-state index in [9.17, 15) is 0 Å². The van der Waals surface area contributed by atoms with Crippen molar-refractivity contribution in [3.8, 4) is 5.75 Å². The van der Waals surface area contributed by atoms with E-state index in [1.165, 1.54) is 15.6 Å². The summed E-state index contributed by atoms with van der Waals surface area (Å²) in [7, 11) is 1.67. The molecule has 0 aliphatic rings. The minimum atomic E-state index is -0.0405. The van der Waals surface area contributed by atoms with E-state index in [2.05, 4.69) is 41.1 Å². The van der Waals surface area contributed by atoms with Crippen LogP contribution in [0.3, 0.4) is 0 Å². The maximum Gasteiger partial charge on any atom is 0.119 e. The van der Waals surface area contributed by atoms with Crippen LogP contribution in [0, 0.1) is 0 Å². The van der Waals surface area contributed by atoms with Crippen LogP contribution in [0.15, 0.2) is 53.9 Å². The lowest BCUT2D eigenvalue weighted by Gasteiger charge is -2.17. The molecule has 0 aliphatic carbocycles. The molecule has 1 unspecified atom stereocenters. The van der Waals surface area contributed by atoms with Gasteiger partial charge in [0.25, 0.3) is 0 Å². The summed E-state index contributed by atoms with van der Waals surface area (Å²) in [5, 5.41) is 3.40. The number of ether oxygens (including phenoxy) is 1. The summed E-state index contributed by atoms with van der Waals surface area (Å²) < 4.78 is 6.56. The molecule has 0 saturated carbocycles. The first kappa shape index (κ1) is 13.1. The fourth-order valence-electron chi connectivity index (χ4n) is 2.41. The van der Waals surface area contributed by atoms with Crippen LogP contribution >= 0.6 is 11.3 Å². The highest BCUT2D eigenvalue weighted by molar-refractivity contribution is 7.17. The van der Waals surface area contributed by atoms with E-state index in [1.807, 2.05) is 18.2 Å². The van der Waals surface area contributed by atoms with E-state index in [1.54, 1.807) is 18.4 Å². The lowest BCUT2D eigenvalue weighted by atomic mass is 9.98. The molecular weight excluding hydrogens is 268 g/mol. The molecule has 3 N–H and O–H groups in total. The third kappa shape index (κ3) is 2.29. The number of nitrogens with two attached hydrogens (primary N) is 1. The van der Waals surface area contributed by atoms with Gasteiger partial charge in [-0.2, -0.15) is 0 Å². The van der Waals surface area contributed by atoms with Crippen LogP contribution in [0.2, 0.25) is 0 Å². The molecule has 0 saturated heterocycles. The van der Waals surface area contributed by atoms with Gasteiger partial charge in [-0.05, 0) is 40.1 Å². The van der Waals surface area contributed by atoms with Gasteiger partial charge in [0.2, 0.25) is 0 Å². The van der Waals surface area contributed by atoms with E-state index >= 15 is 0 Å². The molecule has 20 heavy (non-hydrogen) atoms. The molecule has 4 heteroatoms. The van der Waals surface area contributed by atoms with Gasteiger partial charge in [0.15, 0.2) is 0 Å². The van der Waals surface area contributed by atoms with Crippen LogP contribution in [0.5, 0.6) is 5.75 Å². The molecule has 0 aliphatic heterocycles. The van der Waals surface area contributed by atoms with E-state index in [0.29, 0.717) is 0 Å². The zero-order valence-corrected chi connectivity index (χ0v) is 12.0. The van der Waals surface area contributed by atoms with Gasteiger partial charge in [0.1, 0.15) is 5.75 Å². The highest BCUT2D eigenvalue weighted by atomic mass is 32.1. The molecule has 0 fully saturated rings. The highest BCUT2D eigenvalue weighted by Crippen LogP contribution is 2.33. The minimum Gasteiger partial charge on any atom is -0.497 e. The maximum atomic E-state index is 5.79. The Morgan fingerprint density at radius 3 is 2.80 bits per heavy atom. The van der Waals surface area contributed by atoms with Crippen LogP contribution < -0.4 is 16.0 Å². The predicted molar refractivity (Wildman–Crippen MR) is 84.0 cm³/mol. The summed E-state index contributed by atoms with van der Waals surface area (Å²) in [5.41, 5.74) is 5.20. The van der Waals surface area contributed by atoms with Crippen LogP contribution in [0.1, 0.15) is 17.2 Å². The van der Waals surface area contributed by atoms with E-state index < -0.39 is 0 Å². The van der Waals surface area contributed by atoms with Gasteiger partial charge in [0.05, 0.1) is 13.2 Å². The quantitative estimate of drug-likeness (QED) is 0.570. The molecule has 1 atom stereocenters. The van der Waals surface area contributed by atoms with Crippen molar-refractivity contribution in [2.24, 2.45) is 5.84 Å². The Morgan fingerprint density at radius 1 is 1.15 bits per heavy atom. The molecule has 0 spiro atoms. The number of nitrogens with one attached hydrogen (secondary N) is 1. The molecule has 1 aromatic heterocycles. The van der Waals surface area contributed by atoms with Crippen LogP contribution in [-0.4, -0.2) is 7.11 Å². The number of thiophene rings is 1. The van der Waals surface area contributed by atoms with E-state index in [4.69, 9.17) is 10.6 Å². The molecule has 3 aromatic rings. The zero-order valence-electron chi connectivity index (χ0n) is 11.2. The standard InChI is InChI=1S/C16H16N2OS/c1-19-12-6-4-5-11(9-12)16(18-17)14-10-20-15-8-3-2-7-13(14)15/h2-10,16,18H,17H2,1H3. The fraction of sp³-hybridized carbons (Fsp3) is 0.125. The molecule has 2 aromatic carbocycles. The summed E-state index contributed by atoms with van der Waals surface area (Å²) in [5.74, 6) is 6.63. The molecule has 3 rings (SSSR count). The topological polar surface area (TPSA) is 47.3 Å². The number of hydrogen-bond acceptors (Lipinski definition) is 4. The lowest BCUT2D eigenvalue weighted by molar-refractivity contribution is 0.413. The summed E-state index contributed by atoms with van der Waals surface area (Å²) in [6.45, 7) is 0. The second-order valence-electron chi connectivity index (χ2n) is 4.56. The average molecular weight is 284 g/mol. The van der Waals surface area contributed by atoms with E-state index in [-0.39, 0.29) is 6.04 Å².